The van der Waals surface area contributed by atoms with Crippen LogP contribution in [0.2, 0.25) is 0 Å². The van der Waals surface area contributed by atoms with Gasteiger partial charge in [0.2, 0.25) is 10.2 Å². The Labute approximate surface area is 143 Å². The fourth-order valence-electron chi connectivity index (χ4n) is 1.58. The van der Waals surface area contributed by atoms with E-state index in [0.717, 1.165) is 0 Å². The van der Waals surface area contributed by atoms with E-state index >= 15 is 0 Å². The standard InChI is InChI=1S/C18H21Cl2NO/c1-17(2,3)13-9-6-10-14-21(4)18(19,20)16(22)15-11-7-5-8-12-15/h5-8,10-12H,14H2,1-4H3. The highest BCUT2D eigenvalue weighted by Gasteiger charge is 2.38. The Kier molecular flexibility index (Phi) is 6.68. The minimum atomic E-state index is -1.61. The molecule has 0 heterocycles. The molecule has 0 saturated heterocycles. The van der Waals surface area contributed by atoms with Gasteiger partial charge in [0.05, 0.1) is 0 Å². The van der Waals surface area contributed by atoms with Gasteiger partial charge in [0.25, 0.3) is 0 Å². The molecule has 2 nitrogen and oxygen atoms in total. The number of nitrogens with zero attached hydrogens (tertiary/aromatic N) is 1. The van der Waals surface area contributed by atoms with Crippen molar-refractivity contribution >= 4 is 29.0 Å². The van der Waals surface area contributed by atoms with Crippen molar-refractivity contribution in [3.05, 3.63) is 48.0 Å². The molecule has 22 heavy (non-hydrogen) atoms. The van der Waals surface area contributed by atoms with Crippen molar-refractivity contribution < 1.29 is 4.79 Å². The second-order valence-electron chi connectivity index (χ2n) is 6.04. The van der Waals surface area contributed by atoms with Crippen molar-refractivity contribution in [3.8, 4) is 11.8 Å². The number of carbonyl (C=O) groups is 1. The van der Waals surface area contributed by atoms with E-state index in [0.29, 0.717) is 12.1 Å². The normalized spacial score (nSPS) is 12.3. The molecule has 1 rings (SSSR count). The topological polar surface area (TPSA) is 20.3 Å². The molecule has 0 amide bonds. The molecule has 0 fully saturated rings. The third kappa shape index (κ3) is 5.85. The first-order valence-corrected chi connectivity index (χ1v) is 7.77. The fraction of sp³-hybridized carbons (Fsp3) is 0.389. The van der Waals surface area contributed by atoms with Gasteiger partial charge in [-0.15, -0.1) is 0 Å². The summed E-state index contributed by atoms with van der Waals surface area (Å²) in [5, 5.41) is 0. The predicted octanol–water partition coefficient (Wildman–Crippen LogP) is 4.54. The molecule has 0 N–H and O–H groups in total. The van der Waals surface area contributed by atoms with Crippen molar-refractivity contribution in [1.82, 2.24) is 4.90 Å². The summed E-state index contributed by atoms with van der Waals surface area (Å²) in [5.74, 6) is 5.72. The number of hydrogen-bond acceptors (Lipinski definition) is 2. The van der Waals surface area contributed by atoms with Crippen LogP contribution in [0.3, 0.4) is 0 Å². The van der Waals surface area contributed by atoms with Crippen molar-refractivity contribution in [2.75, 3.05) is 13.6 Å². The quantitative estimate of drug-likeness (QED) is 0.340. The third-order valence-electron chi connectivity index (χ3n) is 2.82. The van der Waals surface area contributed by atoms with E-state index in [-0.39, 0.29) is 11.2 Å². The minimum absolute atomic E-state index is 0.0394. The van der Waals surface area contributed by atoms with E-state index < -0.39 is 4.46 Å². The molecule has 118 valence electrons. The van der Waals surface area contributed by atoms with Crippen LogP contribution in [0.1, 0.15) is 31.1 Å². The van der Waals surface area contributed by atoms with Crippen LogP contribution in [0.4, 0.5) is 0 Å². The van der Waals surface area contributed by atoms with E-state index in [9.17, 15) is 4.79 Å². The molecule has 1 aromatic carbocycles. The summed E-state index contributed by atoms with van der Waals surface area (Å²) in [6.07, 6.45) is 3.58. The second-order valence-corrected chi connectivity index (χ2v) is 7.33. The number of carbonyl (C=O) groups excluding carboxylic acids is 1. The first kappa shape index (κ1) is 18.8. The van der Waals surface area contributed by atoms with Gasteiger partial charge >= 0.3 is 0 Å². The number of likely N-dealkylation sites (N-methyl/N-ethyl adjacent to an activating group) is 1. The summed E-state index contributed by atoms with van der Waals surface area (Å²) in [4.78, 5) is 13.9. The monoisotopic (exact) mass is 337 g/mol. The van der Waals surface area contributed by atoms with Crippen molar-refractivity contribution in [3.63, 3.8) is 0 Å². The van der Waals surface area contributed by atoms with Gasteiger partial charge in [-0.2, -0.15) is 0 Å². The summed E-state index contributed by atoms with van der Waals surface area (Å²) in [6.45, 7) is 6.55. The minimum Gasteiger partial charge on any atom is -0.289 e. The van der Waals surface area contributed by atoms with Crippen LogP contribution >= 0.6 is 23.2 Å². The summed E-state index contributed by atoms with van der Waals surface area (Å²) in [5.41, 5.74) is 0.443. The molecular formula is C18H21Cl2NO. The maximum atomic E-state index is 12.4. The SMILES string of the molecule is CN(CC=CC#CC(C)(C)C)C(Cl)(Cl)C(=O)c1ccccc1. The molecule has 0 saturated carbocycles. The van der Waals surface area contributed by atoms with E-state index in [4.69, 9.17) is 23.2 Å². The average molecular weight is 338 g/mol. The van der Waals surface area contributed by atoms with Gasteiger partial charge in [-0.05, 0) is 33.9 Å². The Morgan fingerprint density at radius 3 is 2.36 bits per heavy atom. The molecule has 4 heteroatoms. The Morgan fingerprint density at radius 2 is 1.82 bits per heavy atom. The zero-order chi connectivity index (χ0) is 16.8. The fourth-order valence-corrected chi connectivity index (χ4v) is 1.94. The molecule has 0 aromatic heterocycles. The second kappa shape index (κ2) is 7.83. The highest BCUT2D eigenvalue weighted by atomic mass is 35.5. The van der Waals surface area contributed by atoms with Gasteiger partial charge in [0.1, 0.15) is 0 Å². The summed E-state index contributed by atoms with van der Waals surface area (Å²) in [6, 6.07) is 8.78. The number of allylic oxidation sites excluding steroid dienone is 1. The van der Waals surface area contributed by atoms with Crippen LogP contribution in [0.15, 0.2) is 42.5 Å². The lowest BCUT2D eigenvalue weighted by Gasteiger charge is -2.28. The molecule has 0 spiro atoms. The van der Waals surface area contributed by atoms with E-state index in [1.165, 1.54) is 0 Å². The van der Waals surface area contributed by atoms with E-state index in [2.05, 4.69) is 11.8 Å². The van der Waals surface area contributed by atoms with E-state index in [1.807, 2.05) is 32.9 Å². The van der Waals surface area contributed by atoms with Crippen molar-refractivity contribution in [2.45, 2.75) is 25.2 Å². The molecule has 0 unspecified atom stereocenters. The van der Waals surface area contributed by atoms with Gasteiger partial charge in [-0.1, -0.05) is 71.5 Å². The van der Waals surface area contributed by atoms with Gasteiger partial charge in [0.15, 0.2) is 0 Å². The smallest absolute Gasteiger partial charge is 0.234 e. The number of halogens is 2. The molecule has 0 bridgehead atoms. The molecule has 0 atom stereocenters. The lowest BCUT2D eigenvalue weighted by Crippen LogP contribution is -2.43. The zero-order valence-corrected chi connectivity index (χ0v) is 14.9. The average Bonchev–Trinajstić information content (AvgIpc) is 2.45. The molecule has 0 aliphatic heterocycles. The highest BCUT2D eigenvalue weighted by Crippen LogP contribution is 2.29. The first-order valence-electron chi connectivity index (χ1n) is 7.01. The highest BCUT2D eigenvalue weighted by molar-refractivity contribution is 6.59. The zero-order valence-electron chi connectivity index (χ0n) is 13.4. The Morgan fingerprint density at radius 1 is 1.23 bits per heavy atom. The Hall–Kier alpha value is -1.27. The summed E-state index contributed by atoms with van der Waals surface area (Å²) in [7, 11) is 1.70. The maximum Gasteiger partial charge on any atom is 0.234 e. The van der Waals surface area contributed by atoms with Crippen LogP contribution in [0.5, 0.6) is 0 Å². The van der Waals surface area contributed by atoms with Crippen molar-refractivity contribution in [2.24, 2.45) is 5.41 Å². The lowest BCUT2D eigenvalue weighted by atomic mass is 9.98. The van der Waals surface area contributed by atoms with Crippen LogP contribution in [-0.2, 0) is 0 Å². The number of Topliss-reactive ketones (excluding diaryl/α,β-unsaturated/α-hetero) is 1. The Balaban J connectivity index is 2.70. The molecule has 0 aliphatic carbocycles. The van der Waals surface area contributed by atoms with Crippen LogP contribution in [-0.4, -0.2) is 28.7 Å². The van der Waals surface area contributed by atoms with Gasteiger partial charge in [-0.3, -0.25) is 9.69 Å². The first-order chi connectivity index (χ1) is 10.1. The number of rotatable bonds is 5. The van der Waals surface area contributed by atoms with Gasteiger partial charge in [-0.25, -0.2) is 0 Å². The van der Waals surface area contributed by atoms with Gasteiger partial charge < -0.3 is 0 Å². The summed E-state index contributed by atoms with van der Waals surface area (Å²) < 4.78 is -1.61. The van der Waals surface area contributed by atoms with Crippen LogP contribution < -0.4 is 0 Å². The third-order valence-corrected chi connectivity index (χ3v) is 3.74. The van der Waals surface area contributed by atoms with Gasteiger partial charge in [0, 0.05) is 17.5 Å². The molecular weight excluding hydrogens is 317 g/mol. The van der Waals surface area contributed by atoms with Crippen LogP contribution in [0, 0.1) is 17.3 Å². The lowest BCUT2D eigenvalue weighted by molar-refractivity contribution is 0.0894. The van der Waals surface area contributed by atoms with E-state index in [1.54, 1.807) is 42.3 Å². The number of ketones is 1. The number of alkyl halides is 2. The largest absolute Gasteiger partial charge is 0.289 e. The number of hydrogen-bond donors (Lipinski definition) is 0. The molecule has 1 aromatic rings. The number of benzene rings is 1. The predicted molar refractivity (Wildman–Crippen MR) is 94.2 cm³/mol. The van der Waals surface area contributed by atoms with Crippen molar-refractivity contribution in [1.29, 1.82) is 0 Å². The molecule has 0 radical (unpaired) electrons. The maximum absolute atomic E-state index is 12.4. The Bertz CT molecular complexity index is 589. The summed E-state index contributed by atoms with van der Waals surface area (Å²) >= 11 is 12.5. The molecule has 0 aliphatic rings. The van der Waals surface area contributed by atoms with Crippen LogP contribution in [0.25, 0.3) is 0 Å².